The number of benzene rings is 1. The van der Waals surface area contributed by atoms with Crippen molar-refractivity contribution >= 4 is 40.7 Å². The molecule has 0 saturated carbocycles. The normalized spacial score (nSPS) is 11.9. The lowest BCUT2D eigenvalue weighted by Gasteiger charge is -2.07. The Balaban J connectivity index is 2.05. The highest BCUT2D eigenvalue weighted by molar-refractivity contribution is 8.02. The van der Waals surface area contributed by atoms with Crippen molar-refractivity contribution in [1.82, 2.24) is 4.98 Å². The van der Waals surface area contributed by atoms with Gasteiger partial charge in [0.1, 0.15) is 5.03 Å². The van der Waals surface area contributed by atoms with Gasteiger partial charge in [0.25, 0.3) is 0 Å². The van der Waals surface area contributed by atoms with Gasteiger partial charge in [0.15, 0.2) is 5.78 Å². The minimum absolute atomic E-state index is 0.131. The third-order valence-corrected chi connectivity index (χ3v) is 4.14. The largest absolute Gasteiger partial charge is 0.417 e. The van der Waals surface area contributed by atoms with Crippen LogP contribution in [-0.4, -0.2) is 10.8 Å². The van der Waals surface area contributed by atoms with Gasteiger partial charge < -0.3 is 0 Å². The minimum atomic E-state index is -4.50. The van der Waals surface area contributed by atoms with Crippen LogP contribution in [0.5, 0.6) is 0 Å². The number of hydrogen-bond donors (Lipinski definition) is 0. The molecule has 2 rings (SSSR count). The lowest BCUT2D eigenvalue weighted by atomic mass is 10.1. The standard InChI is InChI=1S/C15H8Cl2F3NOS/c16-11-3-1-9(2-4-11)13(22)5-6-23-14-12(17)7-10(8-21-14)15(18,19)20/h1-8H/b6-5+. The van der Waals surface area contributed by atoms with E-state index in [1.165, 1.54) is 11.5 Å². The van der Waals surface area contributed by atoms with Gasteiger partial charge in [-0.2, -0.15) is 13.2 Å². The average Bonchev–Trinajstić information content (AvgIpc) is 2.48. The van der Waals surface area contributed by atoms with Crippen LogP contribution in [-0.2, 0) is 6.18 Å². The van der Waals surface area contributed by atoms with Crippen LogP contribution in [0.1, 0.15) is 15.9 Å². The highest BCUT2D eigenvalue weighted by Gasteiger charge is 2.31. The van der Waals surface area contributed by atoms with E-state index in [1.54, 1.807) is 24.3 Å². The SMILES string of the molecule is O=C(/C=C/Sc1ncc(C(F)(F)F)cc1Cl)c1ccc(Cl)cc1. The molecule has 23 heavy (non-hydrogen) atoms. The number of thioether (sulfide) groups is 1. The van der Waals surface area contributed by atoms with Crippen LogP contribution in [0.4, 0.5) is 13.2 Å². The van der Waals surface area contributed by atoms with E-state index in [-0.39, 0.29) is 15.8 Å². The van der Waals surface area contributed by atoms with Crippen molar-refractivity contribution in [3.05, 3.63) is 69.2 Å². The summed E-state index contributed by atoms with van der Waals surface area (Å²) in [6.07, 6.45) is -2.52. The van der Waals surface area contributed by atoms with Crippen LogP contribution in [0.3, 0.4) is 0 Å². The maximum atomic E-state index is 12.5. The molecule has 0 aliphatic heterocycles. The molecule has 1 aromatic carbocycles. The fourth-order valence-electron chi connectivity index (χ4n) is 1.54. The summed E-state index contributed by atoms with van der Waals surface area (Å²) in [5.74, 6) is -0.266. The van der Waals surface area contributed by atoms with Crippen LogP contribution in [0.2, 0.25) is 10.0 Å². The second kappa shape index (κ2) is 7.38. The minimum Gasteiger partial charge on any atom is -0.289 e. The molecule has 0 spiro atoms. The maximum Gasteiger partial charge on any atom is 0.417 e. The van der Waals surface area contributed by atoms with Gasteiger partial charge in [0.05, 0.1) is 10.6 Å². The van der Waals surface area contributed by atoms with Gasteiger partial charge in [-0.15, -0.1) is 0 Å². The van der Waals surface area contributed by atoms with Gasteiger partial charge in [0, 0.05) is 16.8 Å². The molecular formula is C15H8Cl2F3NOS. The molecule has 120 valence electrons. The summed E-state index contributed by atoms with van der Waals surface area (Å²) in [5.41, 5.74) is -0.481. The first-order valence-corrected chi connectivity index (χ1v) is 7.77. The highest BCUT2D eigenvalue weighted by Crippen LogP contribution is 2.33. The molecule has 8 heteroatoms. The van der Waals surface area contributed by atoms with Crippen molar-refractivity contribution in [2.45, 2.75) is 11.2 Å². The van der Waals surface area contributed by atoms with Crippen molar-refractivity contribution in [1.29, 1.82) is 0 Å². The molecule has 0 unspecified atom stereocenters. The number of nitrogens with zero attached hydrogens (tertiary/aromatic N) is 1. The number of carbonyl (C=O) groups is 1. The number of rotatable bonds is 4. The molecule has 1 aromatic heterocycles. The van der Waals surface area contributed by atoms with Crippen molar-refractivity contribution in [2.75, 3.05) is 0 Å². The third-order valence-electron chi connectivity index (χ3n) is 2.66. The molecule has 1 heterocycles. The Kier molecular flexibility index (Phi) is 5.73. The Morgan fingerprint density at radius 3 is 2.39 bits per heavy atom. The van der Waals surface area contributed by atoms with E-state index in [2.05, 4.69) is 4.98 Å². The highest BCUT2D eigenvalue weighted by atomic mass is 35.5. The lowest BCUT2D eigenvalue weighted by Crippen LogP contribution is -2.05. The number of allylic oxidation sites excluding steroid dienone is 1. The molecule has 0 atom stereocenters. The predicted molar refractivity (Wildman–Crippen MR) is 85.0 cm³/mol. The topological polar surface area (TPSA) is 30.0 Å². The predicted octanol–water partition coefficient (Wildman–Crippen LogP) is 5.90. The second-order valence-corrected chi connectivity index (χ2v) is 6.04. The molecule has 0 N–H and O–H groups in total. The molecule has 0 aliphatic rings. The molecule has 0 radical (unpaired) electrons. The molecule has 0 saturated heterocycles. The number of ketones is 1. The monoisotopic (exact) mass is 377 g/mol. The maximum absolute atomic E-state index is 12.5. The second-order valence-electron chi connectivity index (χ2n) is 4.30. The zero-order valence-corrected chi connectivity index (χ0v) is 13.6. The fraction of sp³-hybridized carbons (Fsp3) is 0.0667. The molecule has 0 fully saturated rings. The molecule has 2 nitrogen and oxygen atoms in total. The van der Waals surface area contributed by atoms with Crippen molar-refractivity contribution < 1.29 is 18.0 Å². The van der Waals surface area contributed by atoms with Crippen molar-refractivity contribution in [2.24, 2.45) is 0 Å². The number of aromatic nitrogens is 1. The number of carbonyl (C=O) groups excluding carboxylic acids is 1. The van der Waals surface area contributed by atoms with Crippen molar-refractivity contribution in [3.63, 3.8) is 0 Å². The summed E-state index contributed by atoms with van der Waals surface area (Å²) in [6, 6.07) is 7.12. The Morgan fingerprint density at radius 2 is 1.83 bits per heavy atom. The number of halogens is 5. The van der Waals surface area contributed by atoms with E-state index in [4.69, 9.17) is 23.2 Å². The molecule has 2 aromatic rings. The number of alkyl halides is 3. The summed E-state index contributed by atoms with van der Waals surface area (Å²) in [6.45, 7) is 0. The van der Waals surface area contributed by atoms with E-state index in [0.29, 0.717) is 16.8 Å². The smallest absolute Gasteiger partial charge is 0.289 e. The summed E-state index contributed by atoms with van der Waals surface area (Å²) >= 11 is 12.4. The summed E-state index contributed by atoms with van der Waals surface area (Å²) in [4.78, 5) is 15.5. The number of pyridine rings is 1. The van der Waals surface area contributed by atoms with E-state index >= 15 is 0 Å². The summed E-state index contributed by atoms with van der Waals surface area (Å²) in [5, 5.41) is 1.98. The van der Waals surface area contributed by atoms with Gasteiger partial charge in [-0.25, -0.2) is 4.98 Å². The average molecular weight is 378 g/mol. The van der Waals surface area contributed by atoms with Crippen LogP contribution in [0, 0.1) is 0 Å². The van der Waals surface area contributed by atoms with E-state index in [0.717, 1.165) is 17.8 Å². The van der Waals surface area contributed by atoms with Gasteiger partial charge in [-0.1, -0.05) is 35.0 Å². The van der Waals surface area contributed by atoms with Gasteiger partial charge >= 0.3 is 6.18 Å². The Hall–Kier alpha value is -1.50. The quantitative estimate of drug-likeness (QED) is 0.377. The van der Waals surface area contributed by atoms with E-state index in [1.807, 2.05) is 0 Å². The Bertz CT molecular complexity index is 745. The van der Waals surface area contributed by atoms with Gasteiger partial charge in [-0.3, -0.25) is 4.79 Å². The Morgan fingerprint density at radius 1 is 1.17 bits per heavy atom. The van der Waals surface area contributed by atoms with E-state index in [9.17, 15) is 18.0 Å². The summed E-state index contributed by atoms with van der Waals surface area (Å²) < 4.78 is 37.5. The first kappa shape index (κ1) is 17.8. The fourth-order valence-corrected chi connectivity index (χ4v) is 2.57. The molecule has 0 amide bonds. The van der Waals surface area contributed by atoms with Crippen LogP contribution >= 0.6 is 35.0 Å². The molecule has 0 aliphatic carbocycles. The zero-order chi connectivity index (χ0) is 17.0. The van der Waals surface area contributed by atoms with E-state index < -0.39 is 11.7 Å². The first-order valence-electron chi connectivity index (χ1n) is 6.13. The van der Waals surface area contributed by atoms with Gasteiger partial charge in [0.2, 0.25) is 0 Å². The summed E-state index contributed by atoms with van der Waals surface area (Å²) in [7, 11) is 0. The molecule has 0 bridgehead atoms. The van der Waals surface area contributed by atoms with Crippen molar-refractivity contribution in [3.8, 4) is 0 Å². The number of hydrogen-bond acceptors (Lipinski definition) is 3. The van der Waals surface area contributed by atoms with Gasteiger partial charge in [-0.05, 0) is 41.8 Å². The zero-order valence-electron chi connectivity index (χ0n) is 11.3. The lowest BCUT2D eigenvalue weighted by molar-refractivity contribution is -0.137. The Labute approximate surface area is 144 Å². The third kappa shape index (κ3) is 4.99. The first-order chi connectivity index (χ1) is 10.8. The van der Waals surface area contributed by atoms with Crippen LogP contribution in [0.15, 0.2) is 53.0 Å². The van der Waals surface area contributed by atoms with Crippen LogP contribution in [0.25, 0.3) is 0 Å². The molecular weight excluding hydrogens is 370 g/mol. The van der Waals surface area contributed by atoms with Crippen LogP contribution < -0.4 is 0 Å².